The van der Waals surface area contributed by atoms with Crippen LogP contribution in [0.4, 0.5) is 0 Å². The molecule has 114 valence electrons. The molecule has 0 unspecified atom stereocenters. The van der Waals surface area contributed by atoms with Crippen LogP contribution in [0.25, 0.3) is 0 Å². The van der Waals surface area contributed by atoms with Crippen molar-refractivity contribution in [3.8, 4) is 0 Å². The summed E-state index contributed by atoms with van der Waals surface area (Å²) >= 11 is 0. The van der Waals surface area contributed by atoms with Gasteiger partial charge in [-0.05, 0) is 18.3 Å². The van der Waals surface area contributed by atoms with Gasteiger partial charge in [-0.3, -0.25) is 0 Å². The minimum Gasteiger partial charge on any atom is -0.396 e. The summed E-state index contributed by atoms with van der Waals surface area (Å²) in [4.78, 5) is 0. The molecule has 5 N–H and O–H groups in total. The maximum atomic E-state index is 11.0. The largest absolute Gasteiger partial charge is 0.396 e. The Kier molecular flexibility index (Phi) is 2.78. The number of rotatable bonds is 2. The van der Waals surface area contributed by atoms with Crippen molar-refractivity contribution in [3.63, 3.8) is 0 Å². The zero-order valence-corrected chi connectivity index (χ0v) is 12.0. The second-order valence-electron chi connectivity index (χ2n) is 7.44. The molecule has 2 saturated carbocycles. The molecular formula is C15H24O5. The summed E-state index contributed by atoms with van der Waals surface area (Å²) in [6.45, 7) is 3.18. The first-order valence-electron chi connectivity index (χ1n) is 7.21. The van der Waals surface area contributed by atoms with Gasteiger partial charge in [0.25, 0.3) is 0 Å². The normalized spacial score (nSPS) is 60.9. The number of fused-ring (bicyclic) bond motifs is 3. The lowest BCUT2D eigenvalue weighted by Crippen LogP contribution is -2.80. The van der Waals surface area contributed by atoms with Crippen LogP contribution >= 0.6 is 0 Å². The maximum absolute atomic E-state index is 11.0. The number of hydrogen-bond donors (Lipinski definition) is 5. The Hall–Kier alpha value is -0.460. The number of hydrogen-bond acceptors (Lipinski definition) is 5. The van der Waals surface area contributed by atoms with E-state index in [-0.39, 0.29) is 19.6 Å². The predicted octanol–water partition coefficient (Wildman–Crippen LogP) is -0.584. The third kappa shape index (κ3) is 1.19. The van der Waals surface area contributed by atoms with Crippen LogP contribution < -0.4 is 0 Å². The first-order valence-corrected chi connectivity index (χ1v) is 7.21. The van der Waals surface area contributed by atoms with Crippen LogP contribution in [0.15, 0.2) is 12.2 Å². The van der Waals surface area contributed by atoms with E-state index in [0.717, 1.165) is 0 Å². The topological polar surface area (TPSA) is 101 Å². The van der Waals surface area contributed by atoms with Crippen LogP contribution in [0.3, 0.4) is 0 Å². The van der Waals surface area contributed by atoms with E-state index < -0.39 is 40.0 Å². The summed E-state index contributed by atoms with van der Waals surface area (Å²) in [7, 11) is 0. The SMILES string of the molecule is C[C@]1(CO)C[C@H]2[C@@]1(O)[C@@H](O)C[C@]1(C)C=C[C@@H](O)[C@]21CO. The second-order valence-corrected chi connectivity index (χ2v) is 7.44. The molecule has 7 atom stereocenters. The molecule has 3 rings (SSSR count). The summed E-state index contributed by atoms with van der Waals surface area (Å²) in [5, 5.41) is 51.5. The Balaban J connectivity index is 2.11. The maximum Gasteiger partial charge on any atom is 0.102 e. The molecule has 0 radical (unpaired) electrons. The van der Waals surface area contributed by atoms with E-state index in [4.69, 9.17) is 0 Å². The number of aliphatic hydroxyl groups is 5. The monoisotopic (exact) mass is 284 g/mol. The molecule has 0 aromatic carbocycles. The van der Waals surface area contributed by atoms with Gasteiger partial charge in [0.15, 0.2) is 0 Å². The predicted molar refractivity (Wildman–Crippen MR) is 71.6 cm³/mol. The molecule has 20 heavy (non-hydrogen) atoms. The van der Waals surface area contributed by atoms with E-state index in [2.05, 4.69) is 0 Å². The van der Waals surface area contributed by atoms with Gasteiger partial charge in [0.1, 0.15) is 5.60 Å². The molecular weight excluding hydrogens is 260 g/mol. The van der Waals surface area contributed by atoms with Crippen LogP contribution in [0.2, 0.25) is 0 Å². The Morgan fingerprint density at radius 3 is 2.30 bits per heavy atom. The van der Waals surface area contributed by atoms with Crippen LogP contribution in [-0.2, 0) is 0 Å². The number of allylic oxidation sites excluding steroid dienone is 1. The van der Waals surface area contributed by atoms with Crippen molar-refractivity contribution >= 4 is 0 Å². The molecule has 0 aromatic rings. The van der Waals surface area contributed by atoms with Gasteiger partial charge in [-0.25, -0.2) is 0 Å². The second kappa shape index (κ2) is 3.84. The average molecular weight is 284 g/mol. The van der Waals surface area contributed by atoms with Gasteiger partial charge >= 0.3 is 0 Å². The minimum absolute atomic E-state index is 0.223. The van der Waals surface area contributed by atoms with Crippen molar-refractivity contribution in [2.75, 3.05) is 13.2 Å². The summed E-state index contributed by atoms with van der Waals surface area (Å²) in [5.41, 5.74) is -3.68. The highest BCUT2D eigenvalue weighted by atomic mass is 16.4. The van der Waals surface area contributed by atoms with Crippen LogP contribution in [-0.4, -0.2) is 56.6 Å². The Labute approximate surface area is 118 Å². The Morgan fingerprint density at radius 2 is 1.75 bits per heavy atom. The highest BCUT2D eigenvalue weighted by molar-refractivity contribution is 5.34. The lowest BCUT2D eigenvalue weighted by molar-refractivity contribution is -0.349. The average Bonchev–Trinajstić information content (AvgIpc) is 2.66. The molecule has 0 heterocycles. The van der Waals surface area contributed by atoms with Gasteiger partial charge in [-0.1, -0.05) is 26.0 Å². The Morgan fingerprint density at radius 1 is 1.10 bits per heavy atom. The first kappa shape index (κ1) is 14.5. The molecule has 0 aromatic heterocycles. The van der Waals surface area contributed by atoms with Gasteiger partial charge in [-0.15, -0.1) is 0 Å². The van der Waals surface area contributed by atoms with Gasteiger partial charge in [0.2, 0.25) is 0 Å². The van der Waals surface area contributed by atoms with E-state index in [1.165, 1.54) is 0 Å². The molecule has 3 aliphatic rings. The van der Waals surface area contributed by atoms with Crippen molar-refractivity contribution in [1.82, 2.24) is 0 Å². The molecule has 0 amide bonds. The van der Waals surface area contributed by atoms with E-state index in [9.17, 15) is 25.5 Å². The third-order valence-corrected chi connectivity index (χ3v) is 6.75. The highest BCUT2D eigenvalue weighted by Crippen LogP contribution is 2.72. The number of aliphatic hydroxyl groups excluding tert-OH is 4. The fraction of sp³-hybridized carbons (Fsp3) is 0.867. The fourth-order valence-electron chi connectivity index (χ4n) is 5.23. The fourth-order valence-corrected chi connectivity index (χ4v) is 5.23. The molecule has 0 aliphatic heterocycles. The van der Waals surface area contributed by atoms with E-state index in [0.29, 0.717) is 6.42 Å². The standard InChI is InChI=1S/C15H24O5/c1-12-4-3-10(18)14(12,8-17)9-5-13(2,7-16)15(9,20)11(19)6-12/h3-4,9-11,16-20H,5-8H2,1-2H3/t9-,10-,11+,12+,13-,14+,15-/m1/s1. The molecule has 3 aliphatic carbocycles. The van der Waals surface area contributed by atoms with E-state index in [1.54, 1.807) is 13.0 Å². The third-order valence-electron chi connectivity index (χ3n) is 6.75. The van der Waals surface area contributed by atoms with Crippen molar-refractivity contribution < 1.29 is 25.5 Å². The molecule has 5 heteroatoms. The van der Waals surface area contributed by atoms with E-state index >= 15 is 0 Å². The van der Waals surface area contributed by atoms with Gasteiger partial charge in [0.05, 0.1) is 25.4 Å². The van der Waals surface area contributed by atoms with Crippen LogP contribution in [0.5, 0.6) is 0 Å². The van der Waals surface area contributed by atoms with Gasteiger partial charge in [-0.2, -0.15) is 0 Å². The zero-order chi connectivity index (χ0) is 15.0. The van der Waals surface area contributed by atoms with Crippen LogP contribution in [0.1, 0.15) is 26.7 Å². The van der Waals surface area contributed by atoms with Crippen LogP contribution in [0, 0.1) is 22.2 Å². The summed E-state index contributed by atoms with van der Waals surface area (Å²) in [6, 6.07) is 0. The summed E-state index contributed by atoms with van der Waals surface area (Å²) in [5.74, 6) is -0.434. The quantitative estimate of drug-likeness (QED) is 0.437. The van der Waals surface area contributed by atoms with Gasteiger partial charge in [0, 0.05) is 16.7 Å². The smallest absolute Gasteiger partial charge is 0.102 e. The Bertz CT molecular complexity index is 465. The van der Waals surface area contributed by atoms with Crippen molar-refractivity contribution in [1.29, 1.82) is 0 Å². The lowest BCUT2D eigenvalue weighted by Gasteiger charge is -2.72. The molecule has 2 fully saturated rings. The van der Waals surface area contributed by atoms with Gasteiger partial charge < -0.3 is 25.5 Å². The highest BCUT2D eigenvalue weighted by Gasteiger charge is 2.78. The van der Waals surface area contributed by atoms with Crippen molar-refractivity contribution in [2.24, 2.45) is 22.2 Å². The first-order chi connectivity index (χ1) is 9.22. The minimum atomic E-state index is -1.46. The van der Waals surface area contributed by atoms with Crippen molar-refractivity contribution in [2.45, 2.75) is 44.5 Å². The van der Waals surface area contributed by atoms with E-state index in [1.807, 2.05) is 13.0 Å². The molecule has 0 bridgehead atoms. The summed E-state index contributed by atoms with van der Waals surface area (Å²) < 4.78 is 0. The molecule has 0 spiro atoms. The molecule has 0 saturated heterocycles. The zero-order valence-electron chi connectivity index (χ0n) is 12.0. The van der Waals surface area contributed by atoms with Crippen molar-refractivity contribution in [3.05, 3.63) is 12.2 Å². The lowest BCUT2D eigenvalue weighted by atomic mass is 9.35. The molecule has 5 nitrogen and oxygen atoms in total. The summed E-state index contributed by atoms with van der Waals surface area (Å²) in [6.07, 6.45) is 2.44.